The molecule has 1 aromatic rings. The summed E-state index contributed by atoms with van der Waals surface area (Å²) in [6.07, 6.45) is 2.15. The molecule has 88 valence electrons. The maximum Gasteiger partial charge on any atom is 0.122 e. The fourth-order valence-electron chi connectivity index (χ4n) is 2.08. The van der Waals surface area contributed by atoms with E-state index in [1.54, 1.807) is 0 Å². The molecule has 0 radical (unpaired) electrons. The summed E-state index contributed by atoms with van der Waals surface area (Å²) in [5.74, 6) is 1.04. The van der Waals surface area contributed by atoms with Gasteiger partial charge in [0.1, 0.15) is 5.75 Å². The molecule has 0 amide bonds. The van der Waals surface area contributed by atoms with Crippen LogP contribution in [-0.4, -0.2) is 19.7 Å². The van der Waals surface area contributed by atoms with Gasteiger partial charge in [0.25, 0.3) is 0 Å². The Hall–Kier alpha value is -1.06. The van der Waals surface area contributed by atoms with E-state index in [1.807, 2.05) is 0 Å². The molecule has 3 nitrogen and oxygen atoms in total. The van der Waals surface area contributed by atoms with E-state index in [4.69, 9.17) is 10.5 Å². The van der Waals surface area contributed by atoms with Gasteiger partial charge in [0, 0.05) is 19.0 Å². The minimum Gasteiger partial charge on any atom is -0.493 e. The quantitative estimate of drug-likeness (QED) is 0.792. The average Bonchev–Trinajstić information content (AvgIpc) is 2.77. The minimum atomic E-state index is 0.269. The van der Waals surface area contributed by atoms with Gasteiger partial charge in [0.15, 0.2) is 0 Å². The zero-order valence-electron chi connectivity index (χ0n) is 9.83. The Bertz CT molecular complexity index is 352. The van der Waals surface area contributed by atoms with Gasteiger partial charge in [-0.25, -0.2) is 0 Å². The molecule has 0 saturated carbocycles. The first-order chi connectivity index (χ1) is 7.85. The van der Waals surface area contributed by atoms with E-state index >= 15 is 0 Å². The highest BCUT2D eigenvalue weighted by molar-refractivity contribution is 5.40. The molecule has 3 N–H and O–H groups in total. The Labute approximate surface area is 97.0 Å². The lowest BCUT2D eigenvalue weighted by Crippen LogP contribution is -2.28. The number of hydrogen-bond acceptors (Lipinski definition) is 3. The molecule has 16 heavy (non-hydrogen) atoms. The van der Waals surface area contributed by atoms with Gasteiger partial charge in [-0.3, -0.25) is 0 Å². The van der Waals surface area contributed by atoms with Crippen LogP contribution in [0.4, 0.5) is 0 Å². The summed E-state index contributed by atoms with van der Waals surface area (Å²) in [6, 6.07) is 6.67. The van der Waals surface area contributed by atoms with E-state index in [-0.39, 0.29) is 6.04 Å². The SMILES string of the molecule is CCCNC(CN)c1ccc2c(c1)CCO2. The van der Waals surface area contributed by atoms with Crippen LogP contribution in [0.1, 0.15) is 30.5 Å². The van der Waals surface area contributed by atoms with Gasteiger partial charge in [-0.15, -0.1) is 0 Å². The maximum atomic E-state index is 5.80. The summed E-state index contributed by atoms with van der Waals surface area (Å²) in [6.45, 7) is 4.63. The van der Waals surface area contributed by atoms with Crippen molar-refractivity contribution < 1.29 is 4.74 Å². The highest BCUT2D eigenvalue weighted by atomic mass is 16.5. The van der Waals surface area contributed by atoms with Crippen LogP contribution in [-0.2, 0) is 6.42 Å². The number of ether oxygens (including phenoxy) is 1. The maximum absolute atomic E-state index is 5.80. The van der Waals surface area contributed by atoms with Gasteiger partial charge in [-0.05, 0) is 30.2 Å². The molecule has 1 heterocycles. The second kappa shape index (κ2) is 5.32. The monoisotopic (exact) mass is 220 g/mol. The van der Waals surface area contributed by atoms with Crippen molar-refractivity contribution in [3.05, 3.63) is 29.3 Å². The molecule has 0 aliphatic carbocycles. The molecular formula is C13H20N2O. The molecule has 0 saturated heterocycles. The van der Waals surface area contributed by atoms with Crippen molar-refractivity contribution in [2.45, 2.75) is 25.8 Å². The summed E-state index contributed by atoms with van der Waals surface area (Å²) in [4.78, 5) is 0. The average molecular weight is 220 g/mol. The van der Waals surface area contributed by atoms with Gasteiger partial charge >= 0.3 is 0 Å². The van der Waals surface area contributed by atoms with Gasteiger partial charge in [0.05, 0.1) is 6.61 Å². The van der Waals surface area contributed by atoms with Crippen molar-refractivity contribution in [1.82, 2.24) is 5.32 Å². The van der Waals surface area contributed by atoms with Gasteiger partial charge < -0.3 is 15.8 Å². The van der Waals surface area contributed by atoms with Crippen LogP contribution >= 0.6 is 0 Å². The number of rotatable bonds is 5. The molecule has 0 fully saturated rings. The van der Waals surface area contributed by atoms with Crippen molar-refractivity contribution in [2.24, 2.45) is 5.73 Å². The van der Waals surface area contributed by atoms with Crippen LogP contribution in [0.2, 0.25) is 0 Å². The predicted molar refractivity (Wildman–Crippen MR) is 65.7 cm³/mol. The second-order valence-corrected chi connectivity index (χ2v) is 4.21. The zero-order valence-corrected chi connectivity index (χ0v) is 9.83. The number of hydrogen-bond donors (Lipinski definition) is 2. The number of nitrogens with two attached hydrogens (primary N) is 1. The van der Waals surface area contributed by atoms with E-state index in [0.717, 1.165) is 31.7 Å². The Morgan fingerprint density at radius 2 is 2.38 bits per heavy atom. The number of benzene rings is 1. The molecule has 3 heteroatoms. The topological polar surface area (TPSA) is 47.3 Å². The first-order valence-corrected chi connectivity index (χ1v) is 6.04. The van der Waals surface area contributed by atoms with Crippen LogP contribution in [0.3, 0.4) is 0 Å². The van der Waals surface area contributed by atoms with Gasteiger partial charge in [-0.1, -0.05) is 19.1 Å². The van der Waals surface area contributed by atoms with E-state index in [2.05, 4.69) is 30.4 Å². The Balaban J connectivity index is 2.12. The number of nitrogens with one attached hydrogen (secondary N) is 1. The van der Waals surface area contributed by atoms with E-state index < -0.39 is 0 Å². The number of fused-ring (bicyclic) bond motifs is 1. The van der Waals surface area contributed by atoms with Crippen LogP contribution in [0.15, 0.2) is 18.2 Å². The lowest BCUT2D eigenvalue weighted by Gasteiger charge is -2.17. The van der Waals surface area contributed by atoms with Gasteiger partial charge in [0.2, 0.25) is 0 Å². The second-order valence-electron chi connectivity index (χ2n) is 4.21. The van der Waals surface area contributed by atoms with Crippen LogP contribution in [0.5, 0.6) is 5.75 Å². The predicted octanol–water partition coefficient (Wildman–Crippen LogP) is 1.62. The zero-order chi connectivity index (χ0) is 11.4. The molecule has 1 aromatic carbocycles. The summed E-state index contributed by atoms with van der Waals surface area (Å²) >= 11 is 0. The first-order valence-electron chi connectivity index (χ1n) is 6.04. The molecule has 0 spiro atoms. The molecule has 1 aliphatic rings. The standard InChI is InChI=1S/C13H20N2O/c1-2-6-15-12(9-14)10-3-4-13-11(8-10)5-7-16-13/h3-4,8,12,15H,2,5-7,9,14H2,1H3. The third kappa shape index (κ3) is 2.36. The lowest BCUT2D eigenvalue weighted by atomic mass is 10.0. The van der Waals surface area contributed by atoms with Crippen molar-refractivity contribution in [3.8, 4) is 5.75 Å². The summed E-state index contributed by atoms with van der Waals surface area (Å²) in [5.41, 5.74) is 8.39. The highest BCUT2D eigenvalue weighted by Gasteiger charge is 2.15. The normalized spacial score (nSPS) is 15.6. The van der Waals surface area contributed by atoms with Gasteiger partial charge in [-0.2, -0.15) is 0 Å². The largest absolute Gasteiger partial charge is 0.493 e. The van der Waals surface area contributed by atoms with Crippen LogP contribution < -0.4 is 15.8 Å². The summed E-state index contributed by atoms with van der Waals surface area (Å²) < 4.78 is 5.50. The molecule has 1 atom stereocenters. The Kier molecular flexibility index (Phi) is 3.80. The van der Waals surface area contributed by atoms with Crippen molar-refractivity contribution in [2.75, 3.05) is 19.7 Å². The van der Waals surface area contributed by atoms with Crippen LogP contribution in [0, 0.1) is 0 Å². The lowest BCUT2D eigenvalue weighted by molar-refractivity contribution is 0.356. The molecule has 0 aromatic heterocycles. The van der Waals surface area contributed by atoms with Crippen molar-refractivity contribution >= 4 is 0 Å². The van der Waals surface area contributed by atoms with Crippen LogP contribution in [0.25, 0.3) is 0 Å². The Morgan fingerprint density at radius 1 is 1.50 bits per heavy atom. The van der Waals surface area contributed by atoms with E-state index in [1.165, 1.54) is 11.1 Å². The molecule has 1 unspecified atom stereocenters. The first kappa shape index (κ1) is 11.4. The molecule has 1 aliphatic heterocycles. The summed E-state index contributed by atoms with van der Waals surface area (Å²) in [7, 11) is 0. The molecule has 0 bridgehead atoms. The molecule has 2 rings (SSSR count). The molecular weight excluding hydrogens is 200 g/mol. The Morgan fingerprint density at radius 3 is 3.12 bits per heavy atom. The van der Waals surface area contributed by atoms with Crippen molar-refractivity contribution in [1.29, 1.82) is 0 Å². The summed E-state index contributed by atoms with van der Waals surface area (Å²) in [5, 5.41) is 3.46. The third-order valence-corrected chi connectivity index (χ3v) is 2.99. The van der Waals surface area contributed by atoms with E-state index in [9.17, 15) is 0 Å². The highest BCUT2D eigenvalue weighted by Crippen LogP contribution is 2.27. The minimum absolute atomic E-state index is 0.269. The fraction of sp³-hybridized carbons (Fsp3) is 0.538. The van der Waals surface area contributed by atoms with E-state index in [0.29, 0.717) is 6.54 Å². The third-order valence-electron chi connectivity index (χ3n) is 2.99. The fourth-order valence-corrected chi connectivity index (χ4v) is 2.08. The smallest absolute Gasteiger partial charge is 0.122 e. The van der Waals surface area contributed by atoms with Crippen molar-refractivity contribution in [3.63, 3.8) is 0 Å².